The summed E-state index contributed by atoms with van der Waals surface area (Å²) >= 11 is 0. The van der Waals surface area contributed by atoms with Crippen molar-refractivity contribution in [3.05, 3.63) is 0 Å². The molecule has 0 bridgehead atoms. The summed E-state index contributed by atoms with van der Waals surface area (Å²) < 4.78 is 5.23. The maximum Gasteiger partial charge on any atom is 0.0618 e. The van der Waals surface area contributed by atoms with Crippen LogP contribution in [0.4, 0.5) is 0 Å². The Hall–Kier alpha value is -0.120. The van der Waals surface area contributed by atoms with Gasteiger partial charge in [0, 0.05) is 38.8 Å². The summed E-state index contributed by atoms with van der Waals surface area (Å²) in [4.78, 5) is 2.56. The fourth-order valence-electron chi connectivity index (χ4n) is 2.04. The van der Waals surface area contributed by atoms with Crippen molar-refractivity contribution in [1.82, 2.24) is 10.2 Å². The molecule has 13 heavy (non-hydrogen) atoms. The standard InChI is InChI=1S/C10H22N2O/c1-4-10(8-13-3)12-6-5-11-7-9(12)2/h9-11H,4-8H2,1-3H3. The van der Waals surface area contributed by atoms with Crippen LogP contribution in [0, 0.1) is 0 Å². The Kier molecular flexibility index (Phi) is 4.70. The van der Waals surface area contributed by atoms with Crippen molar-refractivity contribution in [2.75, 3.05) is 33.4 Å². The molecule has 1 heterocycles. The second kappa shape index (κ2) is 5.58. The minimum atomic E-state index is 0.599. The van der Waals surface area contributed by atoms with Crippen molar-refractivity contribution in [3.8, 4) is 0 Å². The molecule has 1 aliphatic heterocycles. The van der Waals surface area contributed by atoms with E-state index in [4.69, 9.17) is 4.74 Å². The number of nitrogens with zero attached hydrogens (tertiary/aromatic N) is 1. The molecule has 0 amide bonds. The van der Waals surface area contributed by atoms with E-state index in [1.54, 1.807) is 7.11 Å². The van der Waals surface area contributed by atoms with E-state index in [1.165, 1.54) is 6.42 Å². The fourth-order valence-corrected chi connectivity index (χ4v) is 2.04. The van der Waals surface area contributed by atoms with Gasteiger partial charge in [-0.05, 0) is 13.3 Å². The molecular formula is C10H22N2O. The zero-order chi connectivity index (χ0) is 9.68. The van der Waals surface area contributed by atoms with Gasteiger partial charge in [0.1, 0.15) is 0 Å². The average Bonchev–Trinajstić information content (AvgIpc) is 2.16. The molecule has 1 aliphatic rings. The molecule has 3 heteroatoms. The second-order valence-corrected chi connectivity index (χ2v) is 3.81. The van der Waals surface area contributed by atoms with Crippen molar-refractivity contribution in [3.63, 3.8) is 0 Å². The van der Waals surface area contributed by atoms with Crippen molar-refractivity contribution >= 4 is 0 Å². The maximum atomic E-state index is 5.23. The molecule has 78 valence electrons. The molecule has 0 saturated carbocycles. The minimum Gasteiger partial charge on any atom is -0.383 e. The van der Waals surface area contributed by atoms with E-state index in [0.717, 1.165) is 26.2 Å². The number of hydrogen-bond donors (Lipinski definition) is 1. The van der Waals surface area contributed by atoms with Crippen LogP contribution in [0.25, 0.3) is 0 Å². The van der Waals surface area contributed by atoms with Crippen LogP contribution in [0.15, 0.2) is 0 Å². The topological polar surface area (TPSA) is 24.5 Å². The van der Waals surface area contributed by atoms with Crippen molar-refractivity contribution in [1.29, 1.82) is 0 Å². The smallest absolute Gasteiger partial charge is 0.0618 e. The Labute approximate surface area is 81.4 Å². The molecule has 2 atom stereocenters. The normalized spacial score (nSPS) is 27.5. The highest BCUT2D eigenvalue weighted by atomic mass is 16.5. The van der Waals surface area contributed by atoms with Gasteiger partial charge in [-0.25, -0.2) is 0 Å². The number of methoxy groups -OCH3 is 1. The van der Waals surface area contributed by atoms with Crippen molar-refractivity contribution < 1.29 is 4.74 Å². The first-order chi connectivity index (χ1) is 6.29. The lowest BCUT2D eigenvalue weighted by Crippen LogP contribution is -2.54. The summed E-state index contributed by atoms with van der Waals surface area (Å²) in [5.41, 5.74) is 0. The van der Waals surface area contributed by atoms with Gasteiger partial charge in [0.2, 0.25) is 0 Å². The number of piperazine rings is 1. The number of ether oxygens (including phenoxy) is 1. The Balaban J connectivity index is 2.44. The van der Waals surface area contributed by atoms with E-state index < -0.39 is 0 Å². The molecule has 0 aliphatic carbocycles. The van der Waals surface area contributed by atoms with Gasteiger partial charge in [0.25, 0.3) is 0 Å². The fraction of sp³-hybridized carbons (Fsp3) is 1.00. The summed E-state index contributed by atoms with van der Waals surface area (Å²) in [5.74, 6) is 0. The van der Waals surface area contributed by atoms with E-state index in [-0.39, 0.29) is 0 Å². The first kappa shape index (κ1) is 11.0. The van der Waals surface area contributed by atoms with Crippen molar-refractivity contribution in [2.45, 2.75) is 32.4 Å². The largest absolute Gasteiger partial charge is 0.383 e. The van der Waals surface area contributed by atoms with E-state index >= 15 is 0 Å². The second-order valence-electron chi connectivity index (χ2n) is 3.81. The maximum absolute atomic E-state index is 5.23. The molecule has 1 N–H and O–H groups in total. The molecule has 0 aromatic carbocycles. The Bertz CT molecular complexity index is 141. The summed E-state index contributed by atoms with van der Waals surface area (Å²) in [5, 5.41) is 3.40. The van der Waals surface area contributed by atoms with Crippen LogP contribution >= 0.6 is 0 Å². The molecule has 0 aromatic rings. The van der Waals surface area contributed by atoms with Crippen LogP contribution in [0.2, 0.25) is 0 Å². The lowest BCUT2D eigenvalue weighted by molar-refractivity contribution is 0.0509. The lowest BCUT2D eigenvalue weighted by Gasteiger charge is -2.39. The van der Waals surface area contributed by atoms with Gasteiger partial charge in [0.15, 0.2) is 0 Å². The minimum absolute atomic E-state index is 0.599. The van der Waals surface area contributed by atoms with Crippen LogP contribution in [-0.4, -0.2) is 50.3 Å². The lowest BCUT2D eigenvalue weighted by atomic mass is 10.1. The van der Waals surface area contributed by atoms with E-state index in [2.05, 4.69) is 24.1 Å². The molecular weight excluding hydrogens is 164 g/mol. The van der Waals surface area contributed by atoms with Gasteiger partial charge in [-0.3, -0.25) is 4.90 Å². The SMILES string of the molecule is CCC(COC)N1CCNCC1C. The summed E-state index contributed by atoms with van der Waals surface area (Å²) in [6.07, 6.45) is 1.18. The average molecular weight is 186 g/mol. The van der Waals surface area contributed by atoms with Crippen LogP contribution in [0.3, 0.4) is 0 Å². The van der Waals surface area contributed by atoms with Crippen LogP contribution in [0.1, 0.15) is 20.3 Å². The predicted molar refractivity (Wildman–Crippen MR) is 55.0 cm³/mol. The Morgan fingerprint density at radius 2 is 2.38 bits per heavy atom. The molecule has 1 fully saturated rings. The quantitative estimate of drug-likeness (QED) is 0.699. The molecule has 1 saturated heterocycles. The van der Waals surface area contributed by atoms with Crippen LogP contribution in [-0.2, 0) is 4.74 Å². The molecule has 0 aromatic heterocycles. The molecule has 3 nitrogen and oxygen atoms in total. The Morgan fingerprint density at radius 1 is 1.62 bits per heavy atom. The zero-order valence-corrected chi connectivity index (χ0v) is 9.05. The Morgan fingerprint density at radius 3 is 2.92 bits per heavy atom. The molecule has 0 radical (unpaired) electrons. The molecule has 2 unspecified atom stereocenters. The van der Waals surface area contributed by atoms with E-state index in [9.17, 15) is 0 Å². The van der Waals surface area contributed by atoms with E-state index in [1.807, 2.05) is 0 Å². The van der Waals surface area contributed by atoms with E-state index in [0.29, 0.717) is 12.1 Å². The van der Waals surface area contributed by atoms with Gasteiger partial charge in [-0.1, -0.05) is 6.92 Å². The van der Waals surface area contributed by atoms with Crippen LogP contribution < -0.4 is 5.32 Å². The first-order valence-electron chi connectivity index (χ1n) is 5.25. The molecule has 1 rings (SSSR count). The van der Waals surface area contributed by atoms with Gasteiger partial charge in [-0.2, -0.15) is 0 Å². The number of hydrogen-bond acceptors (Lipinski definition) is 3. The third-order valence-electron chi connectivity index (χ3n) is 2.85. The van der Waals surface area contributed by atoms with Gasteiger partial charge in [0.05, 0.1) is 6.61 Å². The molecule has 0 spiro atoms. The summed E-state index contributed by atoms with van der Waals surface area (Å²) in [6, 6.07) is 1.25. The number of nitrogens with one attached hydrogen (secondary N) is 1. The highest BCUT2D eigenvalue weighted by Gasteiger charge is 2.24. The van der Waals surface area contributed by atoms with Gasteiger partial charge in [-0.15, -0.1) is 0 Å². The third kappa shape index (κ3) is 2.93. The number of rotatable bonds is 4. The zero-order valence-electron chi connectivity index (χ0n) is 9.05. The van der Waals surface area contributed by atoms with Gasteiger partial charge < -0.3 is 10.1 Å². The van der Waals surface area contributed by atoms with Crippen molar-refractivity contribution in [2.24, 2.45) is 0 Å². The first-order valence-corrected chi connectivity index (χ1v) is 5.25. The summed E-state index contributed by atoms with van der Waals surface area (Å²) in [7, 11) is 1.79. The summed E-state index contributed by atoms with van der Waals surface area (Å²) in [6.45, 7) is 8.76. The third-order valence-corrected chi connectivity index (χ3v) is 2.85. The monoisotopic (exact) mass is 186 g/mol. The highest BCUT2D eigenvalue weighted by molar-refractivity contribution is 4.81. The predicted octanol–water partition coefficient (Wildman–Crippen LogP) is 0.705. The van der Waals surface area contributed by atoms with Gasteiger partial charge >= 0.3 is 0 Å². The van der Waals surface area contributed by atoms with Crippen LogP contribution in [0.5, 0.6) is 0 Å². The highest BCUT2D eigenvalue weighted by Crippen LogP contribution is 2.11.